The lowest BCUT2D eigenvalue weighted by molar-refractivity contribution is 0.604. The molecule has 0 atom stereocenters. The number of allylic oxidation sites excluding steroid dienone is 4. The second-order valence-corrected chi connectivity index (χ2v) is 4.52. The van der Waals surface area contributed by atoms with Gasteiger partial charge in [0.15, 0.2) is 5.58 Å². The summed E-state index contributed by atoms with van der Waals surface area (Å²) < 4.78 is 5.76. The van der Waals surface area contributed by atoms with Crippen molar-refractivity contribution < 1.29 is 4.42 Å². The fraction of sp³-hybridized carbons (Fsp3) is 0.158. The lowest BCUT2D eigenvalue weighted by atomic mass is 10.1. The predicted molar refractivity (Wildman–Crippen MR) is 95.2 cm³/mol. The first-order valence-electron chi connectivity index (χ1n) is 6.91. The number of furan rings is 1. The largest absolute Gasteiger partial charge is 0.454 e. The maximum atomic E-state index is 6.00. The van der Waals surface area contributed by atoms with E-state index in [1.165, 1.54) is 0 Å². The number of rotatable bonds is 3. The third kappa shape index (κ3) is 3.76. The molecule has 0 amide bonds. The van der Waals surface area contributed by atoms with Crippen LogP contribution < -0.4 is 5.73 Å². The number of nitrogens with two attached hydrogens (primary N) is 1. The zero-order chi connectivity index (χ0) is 15.8. The van der Waals surface area contributed by atoms with E-state index in [1.807, 2.05) is 57.2 Å². The highest BCUT2D eigenvalue weighted by Gasteiger charge is 2.12. The van der Waals surface area contributed by atoms with Crippen LogP contribution in [-0.2, 0) is 0 Å². The average Bonchev–Trinajstić information content (AvgIpc) is 2.83. The summed E-state index contributed by atoms with van der Waals surface area (Å²) in [6, 6.07) is 4.02. The fourth-order valence-corrected chi connectivity index (χ4v) is 1.94. The maximum Gasteiger partial charge on any atom is 0.158 e. The average molecular weight is 281 g/mol. The summed E-state index contributed by atoms with van der Waals surface area (Å²) in [7, 11) is 0. The second kappa shape index (κ2) is 7.95. The van der Waals surface area contributed by atoms with E-state index < -0.39 is 0 Å². The fourth-order valence-electron chi connectivity index (χ4n) is 1.94. The van der Waals surface area contributed by atoms with E-state index in [1.54, 1.807) is 12.2 Å². The predicted octanol–water partition coefficient (Wildman–Crippen LogP) is 5.75. The van der Waals surface area contributed by atoms with Gasteiger partial charge in [0.1, 0.15) is 5.76 Å². The Balaban J connectivity index is 0.000000383. The number of hydrogen-bond acceptors (Lipinski definition) is 2. The molecule has 2 nitrogen and oxygen atoms in total. The molecule has 2 heteroatoms. The lowest BCUT2D eigenvalue weighted by Crippen LogP contribution is -1.88. The topological polar surface area (TPSA) is 39.2 Å². The van der Waals surface area contributed by atoms with Crippen molar-refractivity contribution in [2.24, 2.45) is 0 Å². The van der Waals surface area contributed by atoms with Gasteiger partial charge in [0, 0.05) is 10.9 Å². The van der Waals surface area contributed by atoms with Gasteiger partial charge in [0.05, 0.1) is 5.69 Å². The molecule has 21 heavy (non-hydrogen) atoms. The Hall–Kier alpha value is -2.48. The molecule has 2 aromatic rings. The van der Waals surface area contributed by atoms with Crippen molar-refractivity contribution in [1.29, 1.82) is 0 Å². The van der Waals surface area contributed by atoms with Crippen LogP contribution in [0.2, 0.25) is 0 Å². The summed E-state index contributed by atoms with van der Waals surface area (Å²) in [5.74, 6) is 0.810. The molecule has 1 aromatic carbocycles. The summed E-state index contributed by atoms with van der Waals surface area (Å²) >= 11 is 0. The van der Waals surface area contributed by atoms with E-state index >= 15 is 0 Å². The maximum absolute atomic E-state index is 6.00. The molecule has 1 heterocycles. The normalized spacial score (nSPS) is 10.8. The lowest BCUT2D eigenvalue weighted by Gasteiger charge is -1.99. The molecule has 0 aliphatic rings. The van der Waals surface area contributed by atoms with Crippen LogP contribution in [0.15, 0.2) is 54.0 Å². The van der Waals surface area contributed by atoms with Gasteiger partial charge < -0.3 is 10.2 Å². The van der Waals surface area contributed by atoms with Gasteiger partial charge in [0.25, 0.3) is 0 Å². The van der Waals surface area contributed by atoms with Crippen molar-refractivity contribution in [2.45, 2.75) is 20.8 Å². The monoisotopic (exact) mass is 281 g/mol. The van der Waals surface area contributed by atoms with E-state index in [2.05, 4.69) is 13.2 Å². The Kier molecular flexibility index (Phi) is 6.28. The standard InChI is InChI=1S/C14H15NO.C5H8/c1-4-6-12-10(5-2)11-8-7-9(3)13(15)14(11)16-12;1-3-5-4-2/h4-8H,2,15H2,1,3H3;3-5H,1H2,2H3/b6-4-;5-4-. The zero-order valence-corrected chi connectivity index (χ0v) is 13.0. The molecule has 2 N–H and O–H groups in total. The Morgan fingerprint density at radius 2 is 1.86 bits per heavy atom. The molecule has 0 bridgehead atoms. The molecule has 0 radical (unpaired) electrons. The van der Waals surface area contributed by atoms with Gasteiger partial charge in [-0.2, -0.15) is 0 Å². The summed E-state index contributed by atoms with van der Waals surface area (Å²) in [5.41, 5.74) is 9.49. The Morgan fingerprint density at radius 1 is 1.14 bits per heavy atom. The van der Waals surface area contributed by atoms with Crippen LogP contribution in [0, 0.1) is 6.92 Å². The van der Waals surface area contributed by atoms with Crippen molar-refractivity contribution in [2.75, 3.05) is 5.73 Å². The van der Waals surface area contributed by atoms with Gasteiger partial charge in [-0.15, -0.1) is 0 Å². The molecular formula is C19H23NO. The second-order valence-electron chi connectivity index (χ2n) is 4.52. The van der Waals surface area contributed by atoms with E-state index in [0.29, 0.717) is 5.69 Å². The smallest absolute Gasteiger partial charge is 0.158 e. The third-order valence-corrected chi connectivity index (χ3v) is 3.03. The highest BCUT2D eigenvalue weighted by Crippen LogP contribution is 2.33. The van der Waals surface area contributed by atoms with Crippen LogP contribution in [0.4, 0.5) is 5.69 Å². The number of nitrogen functional groups attached to an aromatic ring is 1. The minimum absolute atomic E-state index is 0.705. The molecule has 0 unspecified atom stereocenters. The van der Waals surface area contributed by atoms with E-state index in [0.717, 1.165) is 27.9 Å². The van der Waals surface area contributed by atoms with E-state index in [9.17, 15) is 0 Å². The van der Waals surface area contributed by atoms with Crippen molar-refractivity contribution in [3.8, 4) is 0 Å². The van der Waals surface area contributed by atoms with Gasteiger partial charge in [-0.1, -0.05) is 55.7 Å². The highest BCUT2D eigenvalue weighted by molar-refractivity contribution is 5.97. The van der Waals surface area contributed by atoms with Crippen molar-refractivity contribution in [3.63, 3.8) is 0 Å². The van der Waals surface area contributed by atoms with Crippen molar-refractivity contribution in [3.05, 3.63) is 66.5 Å². The molecule has 0 aliphatic heterocycles. The van der Waals surface area contributed by atoms with Crippen molar-refractivity contribution in [1.82, 2.24) is 0 Å². The van der Waals surface area contributed by atoms with Crippen LogP contribution >= 0.6 is 0 Å². The zero-order valence-electron chi connectivity index (χ0n) is 13.0. The molecule has 0 spiro atoms. The van der Waals surface area contributed by atoms with E-state index in [-0.39, 0.29) is 0 Å². The first-order valence-corrected chi connectivity index (χ1v) is 6.91. The Labute approximate surface area is 127 Å². The molecule has 110 valence electrons. The number of fused-ring (bicyclic) bond motifs is 1. The van der Waals surface area contributed by atoms with Crippen LogP contribution in [0.5, 0.6) is 0 Å². The van der Waals surface area contributed by atoms with Crippen LogP contribution in [0.1, 0.15) is 30.7 Å². The molecule has 0 saturated heterocycles. The number of anilines is 1. The highest BCUT2D eigenvalue weighted by atomic mass is 16.3. The molecule has 0 fully saturated rings. The van der Waals surface area contributed by atoms with Gasteiger partial charge >= 0.3 is 0 Å². The number of aryl methyl sites for hydroxylation is 1. The molecule has 2 rings (SSSR count). The van der Waals surface area contributed by atoms with Crippen LogP contribution in [-0.4, -0.2) is 0 Å². The number of benzene rings is 1. The Morgan fingerprint density at radius 3 is 2.33 bits per heavy atom. The molecule has 0 aliphatic carbocycles. The van der Waals surface area contributed by atoms with Gasteiger partial charge in [-0.25, -0.2) is 0 Å². The third-order valence-electron chi connectivity index (χ3n) is 3.03. The van der Waals surface area contributed by atoms with Gasteiger partial charge in [-0.3, -0.25) is 0 Å². The van der Waals surface area contributed by atoms with Gasteiger partial charge in [0.2, 0.25) is 0 Å². The number of hydrogen-bond donors (Lipinski definition) is 1. The van der Waals surface area contributed by atoms with Crippen molar-refractivity contribution >= 4 is 28.8 Å². The molecule has 0 saturated carbocycles. The van der Waals surface area contributed by atoms with Crippen LogP contribution in [0.25, 0.3) is 23.1 Å². The molecule has 1 aromatic heterocycles. The van der Waals surface area contributed by atoms with E-state index in [4.69, 9.17) is 10.2 Å². The summed E-state index contributed by atoms with van der Waals surface area (Å²) in [6.45, 7) is 13.2. The summed E-state index contributed by atoms with van der Waals surface area (Å²) in [6.07, 6.45) is 11.2. The van der Waals surface area contributed by atoms with Gasteiger partial charge in [-0.05, 0) is 32.4 Å². The van der Waals surface area contributed by atoms with Crippen LogP contribution in [0.3, 0.4) is 0 Å². The first kappa shape index (κ1) is 16.6. The Bertz CT molecular complexity index is 687. The minimum atomic E-state index is 0.705. The molecular weight excluding hydrogens is 258 g/mol. The minimum Gasteiger partial charge on any atom is -0.454 e. The quantitative estimate of drug-likeness (QED) is 0.575. The summed E-state index contributed by atoms with van der Waals surface area (Å²) in [5, 5.41) is 1.02. The SMILES string of the molecule is C=C/C=C\C.C=Cc1c(/C=C\C)oc2c(N)c(C)ccc12. The summed E-state index contributed by atoms with van der Waals surface area (Å²) in [4.78, 5) is 0. The first-order chi connectivity index (χ1) is 10.1.